The Morgan fingerprint density at radius 2 is 1.22 bits per heavy atom. The van der Waals surface area contributed by atoms with E-state index in [9.17, 15) is 9.59 Å². The molecule has 0 atom stereocenters. The number of carboxylic acids is 2. The fourth-order valence-corrected chi connectivity index (χ4v) is 2.99. The highest BCUT2D eigenvalue weighted by Gasteiger charge is 2.16. The molecule has 0 spiro atoms. The molecule has 0 radical (unpaired) electrons. The van der Waals surface area contributed by atoms with E-state index in [0.717, 1.165) is 0 Å². The minimum Gasteiger partial charge on any atom is -0.481 e. The lowest BCUT2D eigenvalue weighted by molar-refractivity contribution is -0.137. The van der Waals surface area contributed by atoms with E-state index in [1.54, 1.807) is 36.4 Å². The monoisotopic (exact) mass is 366 g/mol. The molecule has 0 aliphatic rings. The van der Waals surface area contributed by atoms with E-state index in [2.05, 4.69) is 9.97 Å². The summed E-state index contributed by atoms with van der Waals surface area (Å²) in [5.74, 6) is -1.21. The summed E-state index contributed by atoms with van der Waals surface area (Å²) in [7, 11) is 0. The van der Waals surface area contributed by atoms with Gasteiger partial charge in [-0.2, -0.15) is 0 Å². The van der Waals surface area contributed by atoms with Crippen LogP contribution in [0.2, 0.25) is 0 Å². The number of carboxylic acid groups (broad SMARTS) is 2. The molecule has 2 N–H and O–H groups in total. The lowest BCUT2D eigenvalue weighted by Gasteiger charge is -1.95. The minimum absolute atomic E-state index is 0.148. The maximum Gasteiger partial charge on any atom is 0.307 e. The van der Waals surface area contributed by atoms with Gasteiger partial charge >= 0.3 is 11.9 Å². The zero-order valence-electron chi connectivity index (χ0n) is 14.0. The van der Waals surface area contributed by atoms with Gasteiger partial charge in [0.2, 0.25) is 11.8 Å². The molecule has 136 valence electrons. The van der Waals surface area contributed by atoms with Crippen molar-refractivity contribution in [3.8, 4) is 0 Å². The van der Waals surface area contributed by atoms with Gasteiger partial charge in [-0.1, -0.05) is 24.3 Å². The van der Waals surface area contributed by atoms with Gasteiger partial charge in [0.1, 0.15) is 17.5 Å². The van der Waals surface area contributed by atoms with Crippen LogP contribution in [-0.4, -0.2) is 32.1 Å². The van der Waals surface area contributed by atoms with Crippen LogP contribution in [0, 0.1) is 0 Å². The van der Waals surface area contributed by atoms with Crippen molar-refractivity contribution in [3.05, 3.63) is 59.3 Å². The van der Waals surface area contributed by atoms with Crippen molar-refractivity contribution in [1.29, 1.82) is 0 Å². The van der Waals surface area contributed by atoms with Crippen molar-refractivity contribution >= 4 is 34.1 Å². The third-order valence-electron chi connectivity index (χ3n) is 4.08. The predicted octanol–water partition coefficient (Wildman–Crippen LogP) is 2.81. The molecular weight excluding hydrogens is 352 g/mol. The van der Waals surface area contributed by atoms with E-state index < -0.39 is 11.9 Å². The van der Waals surface area contributed by atoms with E-state index in [-0.39, 0.29) is 19.3 Å². The molecule has 8 heteroatoms. The standard InChI is InChI=1S/C19H14N2O6/c22-16(23)7-10-3-1-5-12-18(10)20-14(26-12)9-15-21-19-11(8-17(24)25)4-2-6-13(19)27-15/h1-6H,7-9H2,(H,22,23)(H,24,25). The maximum atomic E-state index is 11.0. The molecule has 2 heterocycles. The number of benzene rings is 2. The number of fused-ring (bicyclic) bond motifs is 2. The van der Waals surface area contributed by atoms with Crippen molar-refractivity contribution in [2.45, 2.75) is 19.3 Å². The van der Waals surface area contributed by atoms with Crippen molar-refractivity contribution in [1.82, 2.24) is 9.97 Å². The number of para-hydroxylation sites is 2. The minimum atomic E-state index is -0.947. The van der Waals surface area contributed by atoms with Crippen LogP contribution in [0.4, 0.5) is 0 Å². The molecule has 8 nitrogen and oxygen atoms in total. The molecule has 0 amide bonds. The predicted molar refractivity (Wildman–Crippen MR) is 93.5 cm³/mol. The van der Waals surface area contributed by atoms with E-state index in [0.29, 0.717) is 45.1 Å². The molecule has 0 aliphatic carbocycles. The molecule has 0 fully saturated rings. The number of hydrogen-bond donors (Lipinski definition) is 2. The smallest absolute Gasteiger partial charge is 0.307 e. The van der Waals surface area contributed by atoms with Gasteiger partial charge in [0, 0.05) is 0 Å². The van der Waals surface area contributed by atoms with Gasteiger partial charge in [-0.25, -0.2) is 9.97 Å². The number of aromatic nitrogens is 2. The van der Waals surface area contributed by atoms with E-state index >= 15 is 0 Å². The quantitative estimate of drug-likeness (QED) is 0.533. The first kappa shape index (κ1) is 16.8. The van der Waals surface area contributed by atoms with Crippen molar-refractivity contribution in [2.75, 3.05) is 0 Å². The highest BCUT2D eigenvalue weighted by atomic mass is 16.4. The summed E-state index contributed by atoms with van der Waals surface area (Å²) >= 11 is 0. The van der Waals surface area contributed by atoms with Crippen LogP contribution in [0.3, 0.4) is 0 Å². The Morgan fingerprint density at radius 1 is 0.778 bits per heavy atom. The third-order valence-corrected chi connectivity index (χ3v) is 4.08. The second-order valence-electron chi connectivity index (χ2n) is 6.06. The summed E-state index contributed by atoms with van der Waals surface area (Å²) in [6.45, 7) is 0. The van der Waals surface area contributed by atoms with Gasteiger partial charge in [-0.05, 0) is 23.3 Å². The summed E-state index contributed by atoms with van der Waals surface area (Å²) in [5.41, 5.74) is 3.11. The number of hydrogen-bond acceptors (Lipinski definition) is 6. The van der Waals surface area contributed by atoms with E-state index in [1.165, 1.54) is 0 Å². The normalized spacial score (nSPS) is 11.3. The van der Waals surface area contributed by atoms with Crippen molar-refractivity contribution < 1.29 is 28.6 Å². The second-order valence-corrected chi connectivity index (χ2v) is 6.06. The molecule has 4 rings (SSSR count). The Labute approximate surface area is 152 Å². The largest absolute Gasteiger partial charge is 0.481 e. The molecule has 0 bridgehead atoms. The SMILES string of the molecule is O=C(O)Cc1cccc2oc(Cc3nc4c(CC(=O)O)cccc4o3)nc12. The van der Waals surface area contributed by atoms with Crippen LogP contribution in [0.25, 0.3) is 22.2 Å². The molecule has 2 aromatic heterocycles. The molecule has 4 aromatic rings. The fourth-order valence-electron chi connectivity index (χ4n) is 2.99. The summed E-state index contributed by atoms with van der Waals surface area (Å²) < 4.78 is 11.4. The summed E-state index contributed by atoms with van der Waals surface area (Å²) in [5, 5.41) is 18.0. The van der Waals surface area contributed by atoms with Crippen molar-refractivity contribution in [2.24, 2.45) is 0 Å². The lowest BCUT2D eigenvalue weighted by atomic mass is 10.1. The van der Waals surface area contributed by atoms with Crippen LogP contribution in [-0.2, 0) is 28.9 Å². The van der Waals surface area contributed by atoms with Gasteiger partial charge in [0.05, 0.1) is 12.8 Å². The van der Waals surface area contributed by atoms with Crippen LogP contribution in [0.5, 0.6) is 0 Å². The number of nitrogens with zero attached hydrogens (tertiary/aromatic N) is 2. The van der Waals surface area contributed by atoms with Crippen molar-refractivity contribution in [3.63, 3.8) is 0 Å². The first-order chi connectivity index (χ1) is 13.0. The average Bonchev–Trinajstić information content (AvgIpc) is 3.18. The van der Waals surface area contributed by atoms with E-state index in [4.69, 9.17) is 19.0 Å². The Balaban J connectivity index is 1.68. The molecule has 0 unspecified atom stereocenters. The van der Waals surface area contributed by atoms with Crippen LogP contribution < -0.4 is 0 Å². The molecule has 2 aromatic carbocycles. The first-order valence-corrected chi connectivity index (χ1v) is 8.18. The molecular formula is C19H14N2O6. The number of aliphatic carboxylic acids is 2. The Bertz CT molecular complexity index is 1080. The Morgan fingerprint density at radius 3 is 1.63 bits per heavy atom. The number of carbonyl (C=O) groups is 2. The summed E-state index contributed by atoms with van der Waals surface area (Å²) in [6, 6.07) is 10.3. The topological polar surface area (TPSA) is 127 Å². The number of rotatable bonds is 6. The molecule has 0 saturated carbocycles. The molecule has 0 saturated heterocycles. The van der Waals surface area contributed by atoms with Crippen LogP contribution >= 0.6 is 0 Å². The zero-order valence-corrected chi connectivity index (χ0v) is 14.0. The number of oxazole rings is 2. The van der Waals surface area contributed by atoms with Gasteiger partial charge < -0.3 is 19.0 Å². The second kappa shape index (κ2) is 6.56. The lowest BCUT2D eigenvalue weighted by Crippen LogP contribution is -2.00. The highest BCUT2D eigenvalue weighted by molar-refractivity contribution is 5.83. The average molecular weight is 366 g/mol. The Hall–Kier alpha value is -3.68. The molecule has 0 aliphatic heterocycles. The highest BCUT2D eigenvalue weighted by Crippen LogP contribution is 2.24. The third kappa shape index (κ3) is 3.37. The van der Waals surface area contributed by atoms with Gasteiger partial charge in [-0.3, -0.25) is 9.59 Å². The summed E-state index contributed by atoms with van der Waals surface area (Å²) in [4.78, 5) is 30.7. The zero-order chi connectivity index (χ0) is 19.0. The maximum absolute atomic E-state index is 11.0. The summed E-state index contributed by atoms with van der Waals surface area (Å²) in [6.07, 6.45) is -0.127. The van der Waals surface area contributed by atoms with Gasteiger partial charge in [-0.15, -0.1) is 0 Å². The van der Waals surface area contributed by atoms with Crippen LogP contribution in [0.15, 0.2) is 45.2 Å². The van der Waals surface area contributed by atoms with Gasteiger partial charge in [0.25, 0.3) is 0 Å². The first-order valence-electron chi connectivity index (χ1n) is 8.18. The Kier molecular flexibility index (Phi) is 4.08. The molecule has 27 heavy (non-hydrogen) atoms. The fraction of sp³-hybridized carbons (Fsp3) is 0.158. The van der Waals surface area contributed by atoms with Gasteiger partial charge in [0.15, 0.2) is 11.2 Å². The van der Waals surface area contributed by atoms with E-state index in [1.807, 2.05) is 0 Å². The van der Waals surface area contributed by atoms with Crippen LogP contribution in [0.1, 0.15) is 22.9 Å².